The first-order chi connectivity index (χ1) is 28.0. The Labute approximate surface area is 387 Å². The minimum Gasteiger partial charge on any atom is -0.744 e. The Balaban J connectivity index is 0.0000325. The van der Waals surface area contributed by atoms with Crippen LogP contribution >= 0.6 is 0 Å². The van der Waals surface area contributed by atoms with Gasteiger partial charge >= 0.3 is 29.6 Å². The fourth-order valence-corrected chi connectivity index (χ4v) is 9.40. The average Bonchev–Trinajstić information content (AvgIpc) is 3.20. The van der Waals surface area contributed by atoms with Gasteiger partial charge in [-0.15, -0.1) is 0 Å². The monoisotopic (exact) mass is 839 g/mol. The molecule has 0 saturated heterocycles. The quantitative estimate of drug-likeness (QED) is 0.0373. The molecule has 58 heavy (non-hydrogen) atoms. The standard InChI is InChI=1S/C53H100O3S.Na/c1-2-3-4-5-6-7-8-9-10-11-12-13-14-15-16-17-18-19-20-21-22-23-24-25-26-27-28-29-30-31-32-33-34-35-36-37-38-39-40-41-42-43-44-45-46-48-52-49-47-50-53(51-52)57(54,55)56;/h47,49-51H,2-46,48H2,1H3,(H,54,55,56);/q;+1/p-1. The Kier molecular flexibility index (Phi) is 46.7. The van der Waals surface area contributed by atoms with Crippen LogP contribution in [-0.2, 0) is 16.5 Å². The van der Waals surface area contributed by atoms with Crippen LogP contribution in [0.2, 0.25) is 0 Å². The molecule has 0 N–H and O–H groups in total. The summed E-state index contributed by atoms with van der Waals surface area (Å²) in [6, 6.07) is 6.52. The van der Waals surface area contributed by atoms with E-state index in [4.69, 9.17) is 0 Å². The zero-order valence-electron chi connectivity index (χ0n) is 39.5. The van der Waals surface area contributed by atoms with Crippen LogP contribution in [0.15, 0.2) is 29.2 Å². The Morgan fingerprint density at radius 3 is 0.759 bits per heavy atom. The summed E-state index contributed by atoms with van der Waals surface area (Å²) in [6.07, 6.45) is 65.4. The van der Waals surface area contributed by atoms with Gasteiger partial charge in [-0.3, -0.25) is 0 Å². The molecule has 0 bridgehead atoms. The largest absolute Gasteiger partial charge is 1.00 e. The molecule has 336 valence electrons. The van der Waals surface area contributed by atoms with Crippen molar-refractivity contribution in [2.45, 2.75) is 307 Å². The maximum Gasteiger partial charge on any atom is 1.00 e. The molecule has 0 unspecified atom stereocenters. The summed E-state index contributed by atoms with van der Waals surface area (Å²) in [5.74, 6) is 0. The van der Waals surface area contributed by atoms with Gasteiger partial charge in [0.05, 0.1) is 4.90 Å². The van der Waals surface area contributed by atoms with Crippen LogP contribution in [0.1, 0.15) is 301 Å². The van der Waals surface area contributed by atoms with Gasteiger partial charge in [-0.05, 0) is 30.5 Å². The normalized spacial score (nSPS) is 11.7. The number of aryl methyl sites for hydroxylation is 1. The molecule has 0 aliphatic heterocycles. The maximum absolute atomic E-state index is 11.2. The molecule has 0 aliphatic rings. The van der Waals surface area contributed by atoms with Gasteiger partial charge in [-0.2, -0.15) is 0 Å². The van der Waals surface area contributed by atoms with Gasteiger partial charge in [0, 0.05) is 0 Å². The van der Waals surface area contributed by atoms with Gasteiger partial charge in [0.2, 0.25) is 0 Å². The zero-order valence-corrected chi connectivity index (χ0v) is 42.3. The summed E-state index contributed by atoms with van der Waals surface area (Å²) in [5, 5.41) is 0. The van der Waals surface area contributed by atoms with Crippen LogP contribution in [0, 0.1) is 0 Å². The Bertz CT molecular complexity index is 1040. The van der Waals surface area contributed by atoms with Crippen molar-refractivity contribution in [1.82, 2.24) is 0 Å². The molecular formula is C53H99NaO3S. The van der Waals surface area contributed by atoms with E-state index in [0.717, 1.165) is 18.4 Å². The first kappa shape index (κ1) is 58.1. The molecule has 0 radical (unpaired) electrons. The van der Waals surface area contributed by atoms with Gasteiger partial charge in [-0.25, -0.2) is 8.42 Å². The van der Waals surface area contributed by atoms with Crippen molar-refractivity contribution in [2.24, 2.45) is 0 Å². The van der Waals surface area contributed by atoms with Crippen molar-refractivity contribution in [1.29, 1.82) is 0 Å². The third-order valence-electron chi connectivity index (χ3n) is 12.8. The van der Waals surface area contributed by atoms with E-state index in [0.29, 0.717) is 0 Å². The van der Waals surface area contributed by atoms with E-state index in [9.17, 15) is 13.0 Å². The van der Waals surface area contributed by atoms with Crippen LogP contribution < -0.4 is 29.6 Å². The van der Waals surface area contributed by atoms with Crippen LogP contribution in [0.5, 0.6) is 0 Å². The van der Waals surface area contributed by atoms with Gasteiger partial charge in [0.15, 0.2) is 0 Å². The molecule has 1 aromatic carbocycles. The van der Waals surface area contributed by atoms with Crippen molar-refractivity contribution in [3.63, 3.8) is 0 Å². The molecule has 0 saturated carbocycles. The Hall–Kier alpha value is 0.130. The molecule has 0 aliphatic carbocycles. The van der Waals surface area contributed by atoms with Gasteiger partial charge in [0.1, 0.15) is 10.1 Å². The van der Waals surface area contributed by atoms with E-state index in [1.807, 2.05) is 6.07 Å². The molecule has 0 aromatic heterocycles. The number of unbranched alkanes of at least 4 members (excludes halogenated alkanes) is 44. The fraction of sp³-hybridized carbons (Fsp3) is 0.887. The SMILES string of the molecule is CCCCCCCCCCCCCCCCCCCCCCCCCCCCCCCCCCCCCCCCCCCCCCCc1cccc(S(=O)(=O)[O-])c1.[Na+]. The molecule has 0 fully saturated rings. The average molecular weight is 839 g/mol. The van der Waals surface area contributed by atoms with E-state index in [1.54, 1.807) is 6.07 Å². The molecule has 0 spiro atoms. The molecule has 0 amide bonds. The predicted octanol–water partition coefficient (Wildman–Crippen LogP) is 15.7. The molecule has 3 nitrogen and oxygen atoms in total. The van der Waals surface area contributed by atoms with E-state index in [2.05, 4.69) is 6.92 Å². The summed E-state index contributed by atoms with van der Waals surface area (Å²) in [7, 11) is -4.35. The van der Waals surface area contributed by atoms with Crippen LogP contribution in [0.25, 0.3) is 0 Å². The fourth-order valence-electron chi connectivity index (χ4n) is 8.86. The van der Waals surface area contributed by atoms with E-state index < -0.39 is 10.1 Å². The minimum absolute atomic E-state index is 0. The topological polar surface area (TPSA) is 57.2 Å². The van der Waals surface area contributed by atoms with Crippen LogP contribution in [-0.4, -0.2) is 13.0 Å². The third-order valence-corrected chi connectivity index (χ3v) is 13.6. The Morgan fingerprint density at radius 1 is 0.345 bits per heavy atom. The van der Waals surface area contributed by atoms with Crippen molar-refractivity contribution in [3.05, 3.63) is 29.8 Å². The summed E-state index contributed by atoms with van der Waals surface area (Å²) < 4.78 is 33.5. The summed E-state index contributed by atoms with van der Waals surface area (Å²) in [5.41, 5.74) is 0.953. The van der Waals surface area contributed by atoms with Crippen LogP contribution in [0.4, 0.5) is 0 Å². The van der Waals surface area contributed by atoms with Crippen molar-refractivity contribution in [2.75, 3.05) is 0 Å². The number of hydrogen-bond acceptors (Lipinski definition) is 3. The minimum atomic E-state index is -4.35. The summed E-state index contributed by atoms with van der Waals surface area (Å²) >= 11 is 0. The van der Waals surface area contributed by atoms with Gasteiger partial charge in [0.25, 0.3) is 0 Å². The van der Waals surface area contributed by atoms with Crippen molar-refractivity contribution in [3.8, 4) is 0 Å². The molecule has 0 heterocycles. The number of rotatable bonds is 47. The molecule has 1 aromatic rings. The summed E-state index contributed by atoms with van der Waals surface area (Å²) in [4.78, 5) is -0.104. The summed E-state index contributed by atoms with van der Waals surface area (Å²) in [6.45, 7) is 2.31. The number of hydrogen-bond donors (Lipinski definition) is 0. The predicted molar refractivity (Wildman–Crippen MR) is 252 cm³/mol. The number of benzene rings is 1. The van der Waals surface area contributed by atoms with E-state index >= 15 is 0 Å². The van der Waals surface area contributed by atoms with Crippen molar-refractivity contribution < 1.29 is 42.5 Å². The van der Waals surface area contributed by atoms with Gasteiger partial charge < -0.3 is 4.55 Å². The van der Waals surface area contributed by atoms with Crippen molar-refractivity contribution >= 4 is 10.1 Å². The smallest absolute Gasteiger partial charge is 0.744 e. The molecular weight excluding hydrogens is 740 g/mol. The Morgan fingerprint density at radius 2 is 0.552 bits per heavy atom. The molecule has 5 heteroatoms. The second-order valence-corrected chi connectivity index (χ2v) is 19.8. The zero-order chi connectivity index (χ0) is 41.0. The first-order valence-electron chi connectivity index (χ1n) is 26.1. The third kappa shape index (κ3) is 42.8. The first-order valence-corrected chi connectivity index (χ1v) is 27.5. The molecule has 0 atom stereocenters. The second kappa shape index (κ2) is 46.6. The van der Waals surface area contributed by atoms with E-state index in [-0.39, 0.29) is 34.5 Å². The van der Waals surface area contributed by atoms with Gasteiger partial charge in [-0.1, -0.05) is 302 Å². The van der Waals surface area contributed by atoms with Crippen LogP contribution in [0.3, 0.4) is 0 Å². The second-order valence-electron chi connectivity index (χ2n) is 18.4. The maximum atomic E-state index is 11.2. The molecule has 1 rings (SSSR count). The van der Waals surface area contributed by atoms with E-state index in [1.165, 1.54) is 295 Å².